The van der Waals surface area contributed by atoms with Gasteiger partial charge in [-0.2, -0.15) is 0 Å². The summed E-state index contributed by atoms with van der Waals surface area (Å²) in [4.78, 5) is 2.42. The third-order valence-electron chi connectivity index (χ3n) is 3.96. The Morgan fingerprint density at radius 1 is 0.950 bits per heavy atom. The van der Waals surface area contributed by atoms with Gasteiger partial charge in [-0.05, 0) is 29.7 Å². The molecule has 2 heterocycles. The van der Waals surface area contributed by atoms with Crippen molar-refractivity contribution in [3.05, 3.63) is 59.7 Å². The molecule has 0 N–H and O–H groups in total. The highest BCUT2D eigenvalue weighted by atomic mass is 15.5. The van der Waals surface area contributed by atoms with Crippen molar-refractivity contribution in [3.8, 4) is 0 Å². The van der Waals surface area contributed by atoms with E-state index in [2.05, 4.69) is 45.5 Å². The fourth-order valence-electron chi connectivity index (χ4n) is 2.89. The molecule has 3 aromatic rings. The third kappa shape index (κ3) is 1.98. The van der Waals surface area contributed by atoms with Crippen LogP contribution in [0.5, 0.6) is 0 Å². The average molecular weight is 264 g/mol. The summed E-state index contributed by atoms with van der Waals surface area (Å²) >= 11 is 0. The van der Waals surface area contributed by atoms with Crippen LogP contribution in [0.2, 0.25) is 0 Å². The molecule has 0 spiro atoms. The Hall–Kier alpha value is -2.20. The zero-order valence-corrected chi connectivity index (χ0v) is 11.2. The Morgan fingerprint density at radius 3 is 2.70 bits per heavy atom. The van der Waals surface area contributed by atoms with Gasteiger partial charge in [0.25, 0.3) is 0 Å². The molecule has 0 aliphatic carbocycles. The molecule has 100 valence electrons. The van der Waals surface area contributed by atoms with E-state index in [0.29, 0.717) is 0 Å². The lowest BCUT2D eigenvalue weighted by atomic mass is 10.0. The van der Waals surface area contributed by atoms with E-state index in [1.807, 2.05) is 22.9 Å². The highest BCUT2D eigenvalue weighted by Crippen LogP contribution is 2.19. The molecule has 0 radical (unpaired) electrons. The van der Waals surface area contributed by atoms with Crippen molar-refractivity contribution in [1.82, 2.24) is 19.9 Å². The van der Waals surface area contributed by atoms with Crippen LogP contribution in [0.15, 0.2) is 48.5 Å². The lowest BCUT2D eigenvalue weighted by molar-refractivity contribution is 0.191. The lowest BCUT2D eigenvalue weighted by Crippen LogP contribution is -2.32. The van der Waals surface area contributed by atoms with Gasteiger partial charge in [-0.3, -0.25) is 4.90 Å². The molecule has 4 rings (SSSR count). The maximum absolute atomic E-state index is 4.27. The summed E-state index contributed by atoms with van der Waals surface area (Å²) in [6.45, 7) is 2.87. The third-order valence-corrected chi connectivity index (χ3v) is 3.96. The maximum Gasteiger partial charge on any atom is 0.113 e. The van der Waals surface area contributed by atoms with Gasteiger partial charge in [0.05, 0.1) is 12.2 Å². The topological polar surface area (TPSA) is 34.0 Å². The quantitative estimate of drug-likeness (QED) is 0.713. The van der Waals surface area contributed by atoms with Gasteiger partial charge in [0, 0.05) is 13.1 Å². The van der Waals surface area contributed by atoms with Crippen LogP contribution in [0.25, 0.3) is 11.0 Å². The van der Waals surface area contributed by atoms with Crippen molar-refractivity contribution < 1.29 is 0 Å². The fourth-order valence-corrected chi connectivity index (χ4v) is 2.89. The summed E-state index contributed by atoms with van der Waals surface area (Å²) in [5, 5.41) is 8.49. The van der Waals surface area contributed by atoms with E-state index in [1.165, 1.54) is 11.1 Å². The van der Waals surface area contributed by atoms with Crippen molar-refractivity contribution in [1.29, 1.82) is 0 Å². The van der Waals surface area contributed by atoms with Gasteiger partial charge >= 0.3 is 0 Å². The lowest BCUT2D eigenvalue weighted by Gasteiger charge is -2.28. The molecule has 4 nitrogen and oxygen atoms in total. The Labute approximate surface area is 117 Å². The SMILES string of the molecule is c1ccc2c(c1)CCN(Cn1nnc3ccccc31)C2. The fraction of sp³-hybridized carbons (Fsp3) is 0.250. The summed E-state index contributed by atoms with van der Waals surface area (Å²) in [6.07, 6.45) is 1.11. The predicted octanol–water partition coefficient (Wildman–Crippen LogP) is 2.45. The molecule has 0 unspecified atom stereocenters. The highest BCUT2D eigenvalue weighted by molar-refractivity contribution is 5.73. The molecule has 0 fully saturated rings. The number of fused-ring (bicyclic) bond motifs is 2. The zero-order valence-electron chi connectivity index (χ0n) is 11.2. The molecule has 4 heteroatoms. The number of benzene rings is 2. The predicted molar refractivity (Wildman–Crippen MR) is 78.1 cm³/mol. The molecular weight excluding hydrogens is 248 g/mol. The number of rotatable bonds is 2. The number of nitrogens with zero attached hydrogens (tertiary/aromatic N) is 4. The van der Waals surface area contributed by atoms with Crippen LogP contribution in [0.3, 0.4) is 0 Å². The van der Waals surface area contributed by atoms with Crippen molar-refractivity contribution in [2.24, 2.45) is 0 Å². The first-order valence-electron chi connectivity index (χ1n) is 6.97. The summed E-state index contributed by atoms with van der Waals surface area (Å²) < 4.78 is 1.99. The van der Waals surface area contributed by atoms with E-state index in [1.54, 1.807) is 0 Å². The van der Waals surface area contributed by atoms with E-state index in [0.717, 1.165) is 37.2 Å². The molecule has 0 saturated carbocycles. The van der Waals surface area contributed by atoms with Gasteiger partial charge in [0.2, 0.25) is 0 Å². The summed E-state index contributed by atoms with van der Waals surface area (Å²) in [5.74, 6) is 0. The first-order chi connectivity index (χ1) is 9.90. The monoisotopic (exact) mass is 264 g/mol. The average Bonchev–Trinajstić information content (AvgIpc) is 2.91. The molecule has 1 aliphatic heterocycles. The van der Waals surface area contributed by atoms with Gasteiger partial charge in [0.1, 0.15) is 5.52 Å². The van der Waals surface area contributed by atoms with E-state index < -0.39 is 0 Å². The second-order valence-corrected chi connectivity index (χ2v) is 5.29. The summed E-state index contributed by atoms with van der Waals surface area (Å²) in [5.41, 5.74) is 4.98. The largest absolute Gasteiger partial charge is 0.280 e. The molecule has 1 aliphatic rings. The Morgan fingerprint density at radius 2 is 1.75 bits per heavy atom. The number of para-hydroxylation sites is 1. The van der Waals surface area contributed by atoms with Crippen molar-refractivity contribution >= 4 is 11.0 Å². The van der Waals surface area contributed by atoms with Gasteiger partial charge in [-0.15, -0.1) is 5.10 Å². The van der Waals surface area contributed by atoms with Crippen molar-refractivity contribution in [2.75, 3.05) is 6.54 Å². The van der Waals surface area contributed by atoms with Crippen LogP contribution in [0.1, 0.15) is 11.1 Å². The number of aromatic nitrogens is 3. The first kappa shape index (κ1) is 11.6. The van der Waals surface area contributed by atoms with Gasteiger partial charge < -0.3 is 0 Å². The van der Waals surface area contributed by atoms with Crippen LogP contribution < -0.4 is 0 Å². The minimum Gasteiger partial charge on any atom is -0.280 e. The van der Waals surface area contributed by atoms with E-state index in [4.69, 9.17) is 0 Å². The van der Waals surface area contributed by atoms with Crippen LogP contribution in [0, 0.1) is 0 Å². The maximum atomic E-state index is 4.27. The normalized spacial score (nSPS) is 15.4. The van der Waals surface area contributed by atoms with Crippen molar-refractivity contribution in [3.63, 3.8) is 0 Å². The van der Waals surface area contributed by atoms with Crippen LogP contribution in [-0.2, 0) is 19.6 Å². The molecule has 0 bridgehead atoms. The van der Waals surface area contributed by atoms with E-state index in [9.17, 15) is 0 Å². The van der Waals surface area contributed by atoms with Gasteiger partial charge in [0.15, 0.2) is 0 Å². The Balaban J connectivity index is 1.59. The zero-order chi connectivity index (χ0) is 13.4. The van der Waals surface area contributed by atoms with Gasteiger partial charge in [-0.1, -0.05) is 41.6 Å². The second kappa shape index (κ2) is 4.72. The standard InChI is InChI=1S/C16H16N4/c1-2-6-14-11-19(10-9-13(14)5-1)12-20-16-8-4-3-7-15(16)17-18-20/h1-8H,9-12H2. The highest BCUT2D eigenvalue weighted by Gasteiger charge is 2.16. The molecular formula is C16H16N4. The van der Waals surface area contributed by atoms with Crippen molar-refractivity contribution in [2.45, 2.75) is 19.6 Å². The number of hydrogen-bond donors (Lipinski definition) is 0. The van der Waals surface area contributed by atoms with Crippen LogP contribution in [0.4, 0.5) is 0 Å². The minimum absolute atomic E-state index is 0.800. The Bertz CT molecular complexity index is 747. The summed E-state index contributed by atoms with van der Waals surface area (Å²) in [7, 11) is 0. The molecule has 1 aromatic heterocycles. The van der Waals surface area contributed by atoms with E-state index >= 15 is 0 Å². The first-order valence-corrected chi connectivity index (χ1v) is 6.97. The van der Waals surface area contributed by atoms with Crippen LogP contribution in [-0.4, -0.2) is 26.4 Å². The minimum atomic E-state index is 0.800. The summed E-state index contributed by atoms with van der Waals surface area (Å²) in [6, 6.07) is 16.8. The second-order valence-electron chi connectivity index (χ2n) is 5.29. The van der Waals surface area contributed by atoms with Gasteiger partial charge in [-0.25, -0.2) is 4.68 Å². The van der Waals surface area contributed by atoms with E-state index in [-0.39, 0.29) is 0 Å². The molecule has 20 heavy (non-hydrogen) atoms. The Kier molecular flexibility index (Phi) is 2.74. The number of hydrogen-bond acceptors (Lipinski definition) is 3. The molecule has 0 atom stereocenters. The molecule has 0 amide bonds. The van der Waals surface area contributed by atoms with Crippen LogP contribution >= 0.6 is 0 Å². The smallest absolute Gasteiger partial charge is 0.113 e. The molecule has 2 aromatic carbocycles. The molecule has 0 saturated heterocycles.